The minimum Gasteiger partial charge on any atom is -0.492 e. The minimum atomic E-state index is 0.633. The fourth-order valence-corrected chi connectivity index (χ4v) is 2.33. The van der Waals surface area contributed by atoms with Crippen LogP contribution in [0.5, 0.6) is 5.75 Å². The third kappa shape index (κ3) is 4.16. The summed E-state index contributed by atoms with van der Waals surface area (Å²) in [6.07, 6.45) is 1.21. The Labute approximate surface area is 114 Å². The average Bonchev–Trinajstić information content (AvgIpc) is 2.57. The summed E-state index contributed by atoms with van der Waals surface area (Å²) in [5.41, 5.74) is 0. The Bertz CT molecular complexity index is 355. The van der Waals surface area contributed by atoms with Crippen LogP contribution < -0.4 is 10.1 Å². The van der Waals surface area contributed by atoms with Crippen molar-refractivity contribution >= 4 is 11.6 Å². The largest absolute Gasteiger partial charge is 0.492 e. The quantitative estimate of drug-likeness (QED) is 0.908. The van der Waals surface area contributed by atoms with Crippen molar-refractivity contribution in [2.75, 3.05) is 32.8 Å². The summed E-state index contributed by atoms with van der Waals surface area (Å²) in [4.78, 5) is 2.48. The molecule has 1 aliphatic heterocycles. The van der Waals surface area contributed by atoms with E-state index in [1.165, 1.54) is 6.42 Å². The van der Waals surface area contributed by atoms with Crippen LogP contribution in [0.2, 0.25) is 5.02 Å². The van der Waals surface area contributed by atoms with Gasteiger partial charge in [-0.05, 0) is 44.2 Å². The van der Waals surface area contributed by atoms with E-state index in [1.54, 1.807) is 0 Å². The summed E-state index contributed by atoms with van der Waals surface area (Å²) in [5.74, 6) is 0.889. The number of ether oxygens (including phenoxy) is 1. The molecule has 2 rings (SSSR count). The summed E-state index contributed by atoms with van der Waals surface area (Å²) in [7, 11) is 0. The number of hydrogen-bond acceptors (Lipinski definition) is 3. The smallest absolute Gasteiger partial charge is 0.119 e. The van der Waals surface area contributed by atoms with Crippen molar-refractivity contribution in [3.05, 3.63) is 29.3 Å². The van der Waals surface area contributed by atoms with E-state index in [-0.39, 0.29) is 0 Å². The summed E-state index contributed by atoms with van der Waals surface area (Å²) in [6.45, 7) is 7.29. The third-order valence-corrected chi connectivity index (χ3v) is 3.65. The highest BCUT2D eigenvalue weighted by Crippen LogP contribution is 2.15. The Morgan fingerprint density at radius 1 is 1.33 bits per heavy atom. The molecular formula is C14H21ClN2O. The zero-order chi connectivity index (χ0) is 12.8. The molecule has 1 aromatic rings. The SMILES string of the molecule is CC1CCNCCN1CCOc1ccc(Cl)cc1. The van der Waals surface area contributed by atoms with E-state index < -0.39 is 0 Å². The first kappa shape index (κ1) is 13.7. The van der Waals surface area contributed by atoms with Crippen LogP contribution in [0.25, 0.3) is 0 Å². The topological polar surface area (TPSA) is 24.5 Å². The Hall–Kier alpha value is -0.770. The van der Waals surface area contributed by atoms with Gasteiger partial charge >= 0.3 is 0 Å². The molecule has 0 aliphatic carbocycles. The van der Waals surface area contributed by atoms with Gasteiger partial charge in [-0.2, -0.15) is 0 Å². The number of benzene rings is 1. The lowest BCUT2D eigenvalue weighted by atomic mass is 10.2. The van der Waals surface area contributed by atoms with Gasteiger partial charge in [0.25, 0.3) is 0 Å². The molecule has 0 saturated carbocycles. The van der Waals surface area contributed by atoms with Crippen molar-refractivity contribution in [3.63, 3.8) is 0 Å². The van der Waals surface area contributed by atoms with E-state index in [2.05, 4.69) is 17.1 Å². The molecule has 0 spiro atoms. The molecule has 1 aliphatic rings. The van der Waals surface area contributed by atoms with Crippen LogP contribution in [0.3, 0.4) is 0 Å². The Kier molecular flexibility index (Phi) is 5.29. The molecular weight excluding hydrogens is 248 g/mol. The fourth-order valence-electron chi connectivity index (χ4n) is 2.21. The average molecular weight is 269 g/mol. The first-order chi connectivity index (χ1) is 8.75. The number of nitrogens with one attached hydrogen (secondary N) is 1. The van der Waals surface area contributed by atoms with Crippen molar-refractivity contribution in [3.8, 4) is 5.75 Å². The standard InChI is InChI=1S/C14H21ClN2O/c1-12-6-7-16-8-9-17(12)10-11-18-14-4-2-13(15)3-5-14/h2-5,12,16H,6-11H2,1H3. The molecule has 100 valence electrons. The summed E-state index contributed by atoms with van der Waals surface area (Å²) >= 11 is 5.83. The zero-order valence-electron chi connectivity index (χ0n) is 10.9. The number of rotatable bonds is 4. The Balaban J connectivity index is 1.75. The van der Waals surface area contributed by atoms with Gasteiger partial charge < -0.3 is 10.1 Å². The lowest BCUT2D eigenvalue weighted by Crippen LogP contribution is -2.37. The second-order valence-corrected chi connectivity index (χ2v) is 5.16. The number of hydrogen-bond donors (Lipinski definition) is 1. The van der Waals surface area contributed by atoms with Crippen molar-refractivity contribution < 1.29 is 4.74 Å². The summed E-state index contributed by atoms with van der Waals surface area (Å²) in [5, 5.41) is 4.17. The highest BCUT2D eigenvalue weighted by molar-refractivity contribution is 6.30. The summed E-state index contributed by atoms with van der Waals surface area (Å²) in [6, 6.07) is 8.17. The van der Waals surface area contributed by atoms with Gasteiger partial charge in [-0.3, -0.25) is 4.90 Å². The molecule has 1 heterocycles. The lowest BCUT2D eigenvalue weighted by Gasteiger charge is -2.26. The molecule has 1 N–H and O–H groups in total. The second-order valence-electron chi connectivity index (χ2n) is 4.73. The molecule has 0 aromatic heterocycles. The maximum absolute atomic E-state index is 5.83. The van der Waals surface area contributed by atoms with E-state index in [4.69, 9.17) is 16.3 Å². The first-order valence-corrected chi connectivity index (χ1v) is 6.96. The number of halogens is 1. The predicted octanol–water partition coefficient (Wildman–Crippen LogP) is 2.40. The fraction of sp³-hybridized carbons (Fsp3) is 0.571. The van der Waals surface area contributed by atoms with Gasteiger partial charge in [0.15, 0.2) is 0 Å². The molecule has 4 heteroatoms. The second kappa shape index (κ2) is 6.98. The third-order valence-electron chi connectivity index (χ3n) is 3.40. The van der Waals surface area contributed by atoms with Crippen LogP contribution in [0.4, 0.5) is 0 Å². The maximum atomic E-state index is 5.83. The van der Waals surface area contributed by atoms with Crippen LogP contribution in [-0.2, 0) is 0 Å². The van der Waals surface area contributed by atoms with Gasteiger partial charge in [0.1, 0.15) is 12.4 Å². The van der Waals surface area contributed by atoms with E-state index in [1.807, 2.05) is 24.3 Å². The van der Waals surface area contributed by atoms with Crippen LogP contribution >= 0.6 is 11.6 Å². The van der Waals surface area contributed by atoms with Crippen LogP contribution in [0.1, 0.15) is 13.3 Å². The molecule has 1 fully saturated rings. The van der Waals surface area contributed by atoms with Crippen LogP contribution in [0.15, 0.2) is 24.3 Å². The van der Waals surface area contributed by atoms with E-state index in [9.17, 15) is 0 Å². The normalized spacial score (nSPS) is 21.6. The monoisotopic (exact) mass is 268 g/mol. The van der Waals surface area contributed by atoms with Gasteiger partial charge in [0.2, 0.25) is 0 Å². The van der Waals surface area contributed by atoms with Gasteiger partial charge in [0, 0.05) is 30.7 Å². The molecule has 1 atom stereocenters. The van der Waals surface area contributed by atoms with E-state index in [0.717, 1.165) is 43.6 Å². The lowest BCUT2D eigenvalue weighted by molar-refractivity contribution is 0.175. The predicted molar refractivity (Wildman–Crippen MR) is 75.5 cm³/mol. The zero-order valence-corrected chi connectivity index (χ0v) is 11.6. The molecule has 1 saturated heterocycles. The van der Waals surface area contributed by atoms with Gasteiger partial charge in [-0.1, -0.05) is 11.6 Å². The van der Waals surface area contributed by atoms with E-state index >= 15 is 0 Å². The molecule has 0 radical (unpaired) electrons. The van der Waals surface area contributed by atoms with Crippen LogP contribution in [0, 0.1) is 0 Å². The van der Waals surface area contributed by atoms with Crippen molar-refractivity contribution in [2.45, 2.75) is 19.4 Å². The molecule has 0 bridgehead atoms. The molecule has 18 heavy (non-hydrogen) atoms. The minimum absolute atomic E-state index is 0.633. The van der Waals surface area contributed by atoms with Gasteiger partial charge in [-0.25, -0.2) is 0 Å². The number of nitrogens with zero attached hydrogens (tertiary/aromatic N) is 1. The van der Waals surface area contributed by atoms with Crippen molar-refractivity contribution in [2.24, 2.45) is 0 Å². The molecule has 1 aromatic carbocycles. The highest BCUT2D eigenvalue weighted by atomic mass is 35.5. The summed E-state index contributed by atoms with van der Waals surface area (Å²) < 4.78 is 5.73. The van der Waals surface area contributed by atoms with Crippen molar-refractivity contribution in [1.29, 1.82) is 0 Å². The highest BCUT2D eigenvalue weighted by Gasteiger charge is 2.15. The molecule has 1 unspecified atom stereocenters. The maximum Gasteiger partial charge on any atom is 0.119 e. The van der Waals surface area contributed by atoms with Gasteiger partial charge in [-0.15, -0.1) is 0 Å². The Morgan fingerprint density at radius 3 is 2.89 bits per heavy atom. The van der Waals surface area contributed by atoms with Crippen molar-refractivity contribution in [1.82, 2.24) is 10.2 Å². The van der Waals surface area contributed by atoms with Crippen LogP contribution in [-0.4, -0.2) is 43.7 Å². The molecule has 3 nitrogen and oxygen atoms in total. The molecule has 0 amide bonds. The Morgan fingerprint density at radius 2 is 2.11 bits per heavy atom. The van der Waals surface area contributed by atoms with Gasteiger partial charge in [0.05, 0.1) is 0 Å². The first-order valence-electron chi connectivity index (χ1n) is 6.59. The van der Waals surface area contributed by atoms with E-state index in [0.29, 0.717) is 6.04 Å².